The van der Waals surface area contributed by atoms with Gasteiger partial charge in [0.2, 0.25) is 10.0 Å². The molecule has 0 unspecified atom stereocenters. The van der Waals surface area contributed by atoms with Crippen molar-refractivity contribution in [2.24, 2.45) is 4.99 Å². The maximum atomic E-state index is 12.1. The highest BCUT2D eigenvalue weighted by atomic mass is 32.2. The van der Waals surface area contributed by atoms with E-state index in [4.69, 9.17) is 4.74 Å². The Bertz CT molecular complexity index is 677. The third-order valence-corrected chi connectivity index (χ3v) is 4.33. The molecule has 0 aliphatic heterocycles. The Labute approximate surface area is 140 Å². The van der Waals surface area contributed by atoms with E-state index in [-0.39, 0.29) is 17.1 Å². The first-order valence-corrected chi connectivity index (χ1v) is 8.56. The molecule has 0 heterocycles. The number of methoxy groups -OCH3 is 1. The molecule has 0 amide bonds. The summed E-state index contributed by atoms with van der Waals surface area (Å²) in [6.45, 7) is 1.46. The zero-order valence-electron chi connectivity index (χ0n) is 13.5. The van der Waals surface area contributed by atoms with Crippen LogP contribution in [0.1, 0.15) is 0 Å². The van der Waals surface area contributed by atoms with E-state index in [0.29, 0.717) is 25.7 Å². The summed E-state index contributed by atoms with van der Waals surface area (Å²) in [5, 5.41) is 16.6. The molecule has 0 spiro atoms. The number of nitrogens with one attached hydrogen (secondary N) is 3. The van der Waals surface area contributed by atoms with Crippen molar-refractivity contribution in [2.45, 2.75) is 4.90 Å². The Balaban J connectivity index is 2.51. The van der Waals surface area contributed by atoms with Gasteiger partial charge in [0, 0.05) is 45.9 Å². The summed E-state index contributed by atoms with van der Waals surface area (Å²) in [6, 6.07) is 4.87. The lowest BCUT2D eigenvalue weighted by atomic mass is 10.3. The fourth-order valence-electron chi connectivity index (χ4n) is 1.71. The van der Waals surface area contributed by atoms with E-state index in [2.05, 4.69) is 20.3 Å². The van der Waals surface area contributed by atoms with Crippen LogP contribution in [0.15, 0.2) is 34.2 Å². The Hall–Kier alpha value is -2.24. The number of hydrogen-bond donors (Lipinski definition) is 3. The molecule has 0 aromatic heterocycles. The number of nitro groups is 1. The van der Waals surface area contributed by atoms with Gasteiger partial charge in [0.1, 0.15) is 0 Å². The van der Waals surface area contributed by atoms with Crippen molar-refractivity contribution in [2.75, 3.05) is 40.4 Å². The molecule has 1 rings (SSSR count). The number of benzene rings is 1. The Kier molecular flexibility index (Phi) is 8.09. The van der Waals surface area contributed by atoms with Gasteiger partial charge in [-0.2, -0.15) is 0 Å². The number of ether oxygens (including phenoxy) is 1. The topological polar surface area (TPSA) is 135 Å². The molecule has 0 fully saturated rings. The van der Waals surface area contributed by atoms with Crippen LogP contribution in [-0.2, 0) is 14.8 Å². The van der Waals surface area contributed by atoms with E-state index in [1.54, 1.807) is 14.2 Å². The van der Waals surface area contributed by atoms with Gasteiger partial charge in [0.25, 0.3) is 5.69 Å². The van der Waals surface area contributed by atoms with Crippen molar-refractivity contribution in [1.29, 1.82) is 0 Å². The molecule has 0 bridgehead atoms. The molecular formula is C13H21N5O5S. The maximum Gasteiger partial charge on any atom is 0.270 e. The van der Waals surface area contributed by atoms with Crippen LogP contribution in [0, 0.1) is 10.1 Å². The second kappa shape index (κ2) is 9.80. The van der Waals surface area contributed by atoms with Gasteiger partial charge in [-0.05, 0) is 6.07 Å². The molecule has 3 N–H and O–H groups in total. The highest BCUT2D eigenvalue weighted by Gasteiger charge is 2.16. The van der Waals surface area contributed by atoms with Crippen molar-refractivity contribution in [3.63, 3.8) is 0 Å². The fraction of sp³-hybridized carbons (Fsp3) is 0.462. The standard InChI is InChI=1S/C13H21N5O5S/c1-14-13(16-8-9-23-2)15-6-7-17-24(21,22)12-5-3-4-11(10-12)18(19)20/h3-5,10,17H,6-9H2,1-2H3,(H2,14,15,16). The lowest BCUT2D eigenvalue weighted by molar-refractivity contribution is -0.385. The van der Waals surface area contributed by atoms with Crippen molar-refractivity contribution >= 4 is 21.7 Å². The minimum absolute atomic E-state index is 0.0933. The lowest BCUT2D eigenvalue weighted by Gasteiger charge is -2.12. The summed E-state index contributed by atoms with van der Waals surface area (Å²) in [5.41, 5.74) is -0.279. The van der Waals surface area contributed by atoms with Gasteiger partial charge in [0.05, 0.1) is 16.4 Å². The number of sulfonamides is 1. The van der Waals surface area contributed by atoms with Crippen LogP contribution in [0.2, 0.25) is 0 Å². The molecular weight excluding hydrogens is 338 g/mol. The number of non-ortho nitro benzene ring substituents is 1. The first-order chi connectivity index (χ1) is 11.4. The van der Waals surface area contributed by atoms with Gasteiger partial charge < -0.3 is 15.4 Å². The van der Waals surface area contributed by atoms with Gasteiger partial charge in [-0.1, -0.05) is 6.07 Å². The largest absolute Gasteiger partial charge is 0.383 e. The van der Waals surface area contributed by atoms with Crippen molar-refractivity contribution < 1.29 is 18.1 Å². The van der Waals surface area contributed by atoms with Crippen LogP contribution in [0.25, 0.3) is 0 Å². The number of hydrogen-bond acceptors (Lipinski definition) is 6. The number of rotatable bonds is 9. The number of aliphatic imine (C=N–C) groups is 1. The quantitative estimate of drug-likeness (QED) is 0.181. The minimum Gasteiger partial charge on any atom is -0.383 e. The van der Waals surface area contributed by atoms with E-state index in [9.17, 15) is 18.5 Å². The molecule has 0 saturated carbocycles. The summed E-state index contributed by atoms with van der Waals surface area (Å²) in [6.07, 6.45) is 0. The van der Waals surface area contributed by atoms with E-state index in [1.165, 1.54) is 18.2 Å². The Morgan fingerprint density at radius 2 is 2.00 bits per heavy atom. The maximum absolute atomic E-state index is 12.1. The molecule has 10 nitrogen and oxygen atoms in total. The summed E-state index contributed by atoms with van der Waals surface area (Å²) >= 11 is 0. The third-order valence-electron chi connectivity index (χ3n) is 2.87. The molecule has 134 valence electrons. The zero-order valence-corrected chi connectivity index (χ0v) is 14.3. The normalized spacial score (nSPS) is 12.0. The van der Waals surface area contributed by atoms with Crippen LogP contribution in [0.3, 0.4) is 0 Å². The molecule has 0 saturated heterocycles. The average molecular weight is 359 g/mol. The molecule has 1 aromatic carbocycles. The lowest BCUT2D eigenvalue weighted by Crippen LogP contribution is -2.42. The molecule has 0 aliphatic rings. The average Bonchev–Trinajstić information content (AvgIpc) is 2.57. The molecule has 0 radical (unpaired) electrons. The van der Waals surface area contributed by atoms with Crippen LogP contribution < -0.4 is 15.4 Å². The smallest absolute Gasteiger partial charge is 0.270 e. The first kappa shape index (κ1) is 19.8. The van der Waals surface area contributed by atoms with Gasteiger partial charge in [-0.15, -0.1) is 0 Å². The van der Waals surface area contributed by atoms with Gasteiger partial charge in [-0.3, -0.25) is 15.1 Å². The van der Waals surface area contributed by atoms with Gasteiger partial charge in [-0.25, -0.2) is 13.1 Å². The predicted octanol–water partition coefficient (Wildman–Crippen LogP) is -0.315. The SMILES string of the molecule is CN=C(NCCNS(=O)(=O)c1cccc([N+](=O)[O-])c1)NCCOC. The van der Waals surface area contributed by atoms with Crippen LogP contribution >= 0.6 is 0 Å². The minimum atomic E-state index is -3.82. The van der Waals surface area contributed by atoms with E-state index in [1.807, 2.05) is 0 Å². The summed E-state index contributed by atoms with van der Waals surface area (Å²) < 4.78 is 31.5. The van der Waals surface area contributed by atoms with Crippen molar-refractivity contribution in [1.82, 2.24) is 15.4 Å². The number of guanidine groups is 1. The summed E-state index contributed by atoms with van der Waals surface area (Å²) in [4.78, 5) is 13.9. The van der Waals surface area contributed by atoms with Gasteiger partial charge >= 0.3 is 0 Å². The molecule has 1 aromatic rings. The monoisotopic (exact) mass is 359 g/mol. The number of nitro benzene ring substituents is 1. The van der Waals surface area contributed by atoms with E-state index in [0.717, 1.165) is 6.07 Å². The van der Waals surface area contributed by atoms with Crippen LogP contribution in [0.5, 0.6) is 0 Å². The fourth-order valence-corrected chi connectivity index (χ4v) is 2.78. The second-order valence-electron chi connectivity index (χ2n) is 4.57. The Morgan fingerprint density at radius 1 is 1.29 bits per heavy atom. The van der Waals surface area contributed by atoms with Gasteiger partial charge in [0.15, 0.2) is 5.96 Å². The predicted molar refractivity (Wildman–Crippen MR) is 89.5 cm³/mol. The van der Waals surface area contributed by atoms with Crippen molar-refractivity contribution in [3.05, 3.63) is 34.4 Å². The highest BCUT2D eigenvalue weighted by molar-refractivity contribution is 7.89. The molecule has 0 atom stereocenters. The molecule has 0 aliphatic carbocycles. The van der Waals surface area contributed by atoms with Crippen molar-refractivity contribution in [3.8, 4) is 0 Å². The third kappa shape index (κ3) is 6.48. The highest BCUT2D eigenvalue weighted by Crippen LogP contribution is 2.16. The summed E-state index contributed by atoms with van der Waals surface area (Å²) in [7, 11) is -0.640. The Morgan fingerprint density at radius 3 is 2.62 bits per heavy atom. The number of nitrogens with zero attached hydrogens (tertiary/aromatic N) is 2. The molecule has 24 heavy (non-hydrogen) atoms. The van der Waals surface area contributed by atoms with Crippen LogP contribution in [-0.4, -0.2) is 59.7 Å². The summed E-state index contributed by atoms with van der Waals surface area (Å²) in [5.74, 6) is 0.515. The zero-order chi connectivity index (χ0) is 18.0. The van der Waals surface area contributed by atoms with E-state index >= 15 is 0 Å². The first-order valence-electron chi connectivity index (χ1n) is 7.08. The van der Waals surface area contributed by atoms with E-state index < -0.39 is 14.9 Å². The molecule has 11 heteroatoms. The van der Waals surface area contributed by atoms with Crippen LogP contribution in [0.4, 0.5) is 5.69 Å². The second-order valence-corrected chi connectivity index (χ2v) is 6.34.